The predicted molar refractivity (Wildman–Crippen MR) is 67.4 cm³/mol. The lowest BCUT2D eigenvalue weighted by Gasteiger charge is -2.48. The molecule has 0 spiro atoms. The summed E-state index contributed by atoms with van der Waals surface area (Å²) in [5.74, 6) is 0. The molecule has 98 valence electrons. The van der Waals surface area contributed by atoms with Gasteiger partial charge in [-0.05, 0) is 36.5 Å². The molecule has 0 bridgehead atoms. The Hall–Kier alpha value is -0.590. The van der Waals surface area contributed by atoms with Gasteiger partial charge in [-0.25, -0.2) is 0 Å². The monoisotopic (exact) mass is 239 g/mol. The van der Waals surface area contributed by atoms with Gasteiger partial charge in [-0.3, -0.25) is 0 Å². The third kappa shape index (κ3) is 3.97. The molecule has 0 amide bonds. The summed E-state index contributed by atoms with van der Waals surface area (Å²) in [5.41, 5.74) is -0.395. The summed E-state index contributed by atoms with van der Waals surface area (Å²) in [6.07, 6.45) is 3.29. The number of nitriles is 1. The van der Waals surface area contributed by atoms with E-state index in [1.165, 1.54) is 0 Å². The van der Waals surface area contributed by atoms with Crippen LogP contribution >= 0.6 is 0 Å². The fraction of sp³-hybridized carbons (Fsp3) is 0.929. The van der Waals surface area contributed by atoms with E-state index >= 15 is 0 Å². The third-order valence-corrected chi connectivity index (χ3v) is 3.37. The Balaban J connectivity index is 2.80. The van der Waals surface area contributed by atoms with Crippen LogP contribution in [0.5, 0.6) is 0 Å². The summed E-state index contributed by atoms with van der Waals surface area (Å²) in [7, 11) is 0. The molecular weight excluding hydrogens is 214 g/mol. The lowest BCUT2D eigenvalue weighted by molar-refractivity contribution is -0.0974. The van der Waals surface area contributed by atoms with Crippen molar-refractivity contribution < 1.29 is 9.84 Å². The molecule has 1 aliphatic carbocycles. The van der Waals surface area contributed by atoms with Gasteiger partial charge in [0.2, 0.25) is 0 Å². The number of aliphatic hydroxyl groups excluding tert-OH is 1. The Morgan fingerprint density at radius 3 is 2.06 bits per heavy atom. The number of ether oxygens (including phenoxy) is 1. The van der Waals surface area contributed by atoms with Crippen molar-refractivity contribution in [3.63, 3.8) is 0 Å². The molecule has 1 saturated carbocycles. The zero-order valence-corrected chi connectivity index (χ0v) is 11.5. The number of rotatable bonds is 4. The second kappa shape index (κ2) is 4.96. The van der Waals surface area contributed by atoms with Crippen molar-refractivity contribution >= 4 is 0 Å². The van der Waals surface area contributed by atoms with Crippen LogP contribution in [0.25, 0.3) is 0 Å². The third-order valence-electron chi connectivity index (χ3n) is 3.37. The van der Waals surface area contributed by atoms with Crippen LogP contribution in [-0.2, 0) is 4.74 Å². The number of aliphatic hydroxyl groups is 1. The molecular formula is C14H25NO2. The molecule has 17 heavy (non-hydrogen) atoms. The standard InChI is InChI=1S/C14H25NO2/c1-12(2)8-13(3,4)10-14(9-12,11-15)17-7-5-6-16/h16H,5-10H2,1-4H3. The predicted octanol–water partition coefficient (Wildman–Crippen LogP) is 2.88. The summed E-state index contributed by atoms with van der Waals surface area (Å²) in [4.78, 5) is 0. The fourth-order valence-electron chi connectivity index (χ4n) is 3.57. The first-order valence-electron chi connectivity index (χ1n) is 6.40. The van der Waals surface area contributed by atoms with E-state index in [-0.39, 0.29) is 17.4 Å². The molecule has 0 atom stereocenters. The van der Waals surface area contributed by atoms with Gasteiger partial charge in [0.05, 0.1) is 12.7 Å². The van der Waals surface area contributed by atoms with Gasteiger partial charge in [-0.1, -0.05) is 27.7 Å². The fourth-order valence-corrected chi connectivity index (χ4v) is 3.57. The van der Waals surface area contributed by atoms with E-state index in [0.717, 1.165) is 19.3 Å². The maximum atomic E-state index is 9.47. The Bertz CT molecular complexity index is 286. The first-order valence-corrected chi connectivity index (χ1v) is 6.40. The van der Waals surface area contributed by atoms with Crippen molar-refractivity contribution in [2.75, 3.05) is 13.2 Å². The smallest absolute Gasteiger partial charge is 0.155 e. The Labute approximate surface area is 105 Å². The van der Waals surface area contributed by atoms with Crippen LogP contribution in [-0.4, -0.2) is 23.9 Å². The van der Waals surface area contributed by atoms with Crippen LogP contribution in [0.1, 0.15) is 53.4 Å². The summed E-state index contributed by atoms with van der Waals surface area (Å²) in [6.45, 7) is 9.40. The lowest BCUT2D eigenvalue weighted by atomic mass is 9.60. The van der Waals surface area contributed by atoms with E-state index in [4.69, 9.17) is 9.84 Å². The van der Waals surface area contributed by atoms with E-state index in [0.29, 0.717) is 13.0 Å². The van der Waals surface area contributed by atoms with Gasteiger partial charge in [0, 0.05) is 6.61 Å². The summed E-state index contributed by atoms with van der Waals surface area (Å²) in [6, 6.07) is 2.38. The molecule has 0 aliphatic heterocycles. The molecule has 1 aliphatic rings. The molecule has 0 unspecified atom stereocenters. The normalized spacial score (nSPS) is 25.2. The average Bonchev–Trinajstić information content (AvgIpc) is 2.13. The Morgan fingerprint density at radius 1 is 1.12 bits per heavy atom. The molecule has 0 aromatic heterocycles. The quantitative estimate of drug-likeness (QED) is 0.767. The zero-order chi connectivity index (χ0) is 13.2. The van der Waals surface area contributed by atoms with Crippen molar-refractivity contribution in [3.05, 3.63) is 0 Å². The highest BCUT2D eigenvalue weighted by molar-refractivity contribution is 5.10. The Kier molecular flexibility index (Phi) is 4.22. The van der Waals surface area contributed by atoms with Gasteiger partial charge in [0.1, 0.15) is 0 Å². The minimum absolute atomic E-state index is 0.119. The van der Waals surface area contributed by atoms with Crippen molar-refractivity contribution in [1.29, 1.82) is 5.26 Å². The lowest BCUT2D eigenvalue weighted by Crippen LogP contribution is -2.47. The maximum absolute atomic E-state index is 9.47. The first-order chi connectivity index (χ1) is 7.74. The first kappa shape index (κ1) is 14.5. The molecule has 0 saturated heterocycles. The zero-order valence-electron chi connectivity index (χ0n) is 11.5. The van der Waals surface area contributed by atoms with Crippen LogP contribution in [0.15, 0.2) is 0 Å². The largest absolute Gasteiger partial charge is 0.396 e. The second-order valence-electron chi connectivity index (χ2n) is 6.89. The molecule has 0 aromatic carbocycles. The van der Waals surface area contributed by atoms with Crippen LogP contribution in [0.4, 0.5) is 0 Å². The minimum Gasteiger partial charge on any atom is -0.396 e. The minimum atomic E-state index is -0.666. The molecule has 0 radical (unpaired) electrons. The summed E-state index contributed by atoms with van der Waals surface area (Å²) in [5, 5.41) is 18.3. The van der Waals surface area contributed by atoms with Crippen LogP contribution < -0.4 is 0 Å². The molecule has 1 rings (SSSR count). The van der Waals surface area contributed by atoms with Crippen LogP contribution in [0, 0.1) is 22.2 Å². The van der Waals surface area contributed by atoms with Gasteiger partial charge >= 0.3 is 0 Å². The number of hydrogen-bond acceptors (Lipinski definition) is 3. The van der Waals surface area contributed by atoms with E-state index in [2.05, 4.69) is 33.8 Å². The average molecular weight is 239 g/mol. The second-order valence-corrected chi connectivity index (χ2v) is 6.89. The van der Waals surface area contributed by atoms with E-state index < -0.39 is 5.60 Å². The van der Waals surface area contributed by atoms with Crippen molar-refractivity contribution in [2.24, 2.45) is 10.8 Å². The molecule has 3 heteroatoms. The maximum Gasteiger partial charge on any atom is 0.155 e. The van der Waals surface area contributed by atoms with Gasteiger partial charge in [-0.15, -0.1) is 0 Å². The molecule has 1 N–H and O–H groups in total. The highest BCUT2D eigenvalue weighted by Gasteiger charge is 2.48. The van der Waals surface area contributed by atoms with Gasteiger partial charge in [0.25, 0.3) is 0 Å². The van der Waals surface area contributed by atoms with Gasteiger partial charge < -0.3 is 9.84 Å². The van der Waals surface area contributed by atoms with Crippen molar-refractivity contribution in [1.82, 2.24) is 0 Å². The van der Waals surface area contributed by atoms with Crippen molar-refractivity contribution in [2.45, 2.75) is 59.0 Å². The number of nitrogens with zero attached hydrogens (tertiary/aromatic N) is 1. The van der Waals surface area contributed by atoms with Crippen molar-refractivity contribution in [3.8, 4) is 6.07 Å². The van der Waals surface area contributed by atoms with Gasteiger partial charge in [0.15, 0.2) is 5.60 Å². The SMILES string of the molecule is CC1(C)CC(C)(C)CC(C#N)(OCCCO)C1. The highest BCUT2D eigenvalue weighted by Crippen LogP contribution is 2.51. The molecule has 0 aromatic rings. The Morgan fingerprint density at radius 2 is 1.65 bits per heavy atom. The molecule has 1 fully saturated rings. The van der Waals surface area contributed by atoms with E-state index in [1.807, 2.05) is 0 Å². The highest BCUT2D eigenvalue weighted by atomic mass is 16.5. The van der Waals surface area contributed by atoms with Crippen LogP contribution in [0.3, 0.4) is 0 Å². The summed E-state index contributed by atoms with van der Waals surface area (Å²) < 4.78 is 5.81. The topological polar surface area (TPSA) is 53.2 Å². The van der Waals surface area contributed by atoms with E-state index in [9.17, 15) is 5.26 Å². The summed E-state index contributed by atoms with van der Waals surface area (Å²) >= 11 is 0. The number of hydrogen-bond donors (Lipinski definition) is 1. The van der Waals surface area contributed by atoms with Crippen LogP contribution in [0.2, 0.25) is 0 Å². The molecule has 3 nitrogen and oxygen atoms in total. The molecule has 0 heterocycles. The van der Waals surface area contributed by atoms with E-state index in [1.54, 1.807) is 0 Å². The van der Waals surface area contributed by atoms with Gasteiger partial charge in [-0.2, -0.15) is 5.26 Å².